The molecule has 1 heterocycles. The van der Waals surface area contributed by atoms with Crippen molar-refractivity contribution in [2.45, 2.75) is 74.2 Å². The van der Waals surface area contributed by atoms with Gasteiger partial charge in [-0.3, -0.25) is 4.79 Å². The number of nitrogens with zero attached hydrogens (tertiary/aromatic N) is 2. The van der Waals surface area contributed by atoms with Crippen molar-refractivity contribution in [1.29, 1.82) is 0 Å². The van der Waals surface area contributed by atoms with Crippen LogP contribution in [0.1, 0.15) is 56.9 Å². The van der Waals surface area contributed by atoms with E-state index in [1.807, 2.05) is 12.4 Å². The van der Waals surface area contributed by atoms with Crippen LogP contribution in [0.2, 0.25) is 0 Å². The molecule has 3 rings (SSSR count). The fourth-order valence-electron chi connectivity index (χ4n) is 3.73. The van der Waals surface area contributed by atoms with Gasteiger partial charge in [-0.1, -0.05) is 24.6 Å². The minimum Gasteiger partial charge on any atom is -0.481 e. The fraction of sp³-hybridized carbons (Fsp3) is 0.684. The summed E-state index contributed by atoms with van der Waals surface area (Å²) < 4.78 is 0. The molecule has 2 saturated carbocycles. The third-order valence-electron chi connectivity index (χ3n) is 5.37. The quantitative estimate of drug-likeness (QED) is 0.616. The van der Waals surface area contributed by atoms with Crippen molar-refractivity contribution >= 4 is 23.8 Å². The predicted molar refractivity (Wildman–Crippen MR) is 104 cm³/mol. The first-order chi connectivity index (χ1) is 13.1. The highest BCUT2D eigenvalue weighted by atomic mass is 32.2. The molecule has 1 aromatic rings. The monoisotopic (exact) mass is 392 g/mol. The van der Waals surface area contributed by atoms with Crippen molar-refractivity contribution in [3.8, 4) is 0 Å². The van der Waals surface area contributed by atoms with Crippen LogP contribution in [0.25, 0.3) is 0 Å². The first-order valence-corrected chi connectivity index (χ1v) is 10.7. The maximum absolute atomic E-state index is 12.0. The van der Waals surface area contributed by atoms with E-state index in [4.69, 9.17) is 5.11 Å². The van der Waals surface area contributed by atoms with Crippen molar-refractivity contribution in [2.24, 2.45) is 5.92 Å². The van der Waals surface area contributed by atoms with Gasteiger partial charge in [0.15, 0.2) is 5.16 Å². The molecule has 0 radical (unpaired) electrons. The molecule has 0 aliphatic heterocycles. The van der Waals surface area contributed by atoms with Crippen LogP contribution in [0.5, 0.6) is 0 Å². The summed E-state index contributed by atoms with van der Waals surface area (Å²) in [6.07, 6.45) is 12.2. The summed E-state index contributed by atoms with van der Waals surface area (Å²) in [7, 11) is 0. The summed E-state index contributed by atoms with van der Waals surface area (Å²) in [5, 5.41) is 16.3. The Morgan fingerprint density at radius 3 is 2.37 bits per heavy atom. The SMILES string of the molecule is O=C(NCCc1cnc(SC2CCCC2)nc1)NC1CCC(C(=O)O)CC1. The molecule has 0 saturated heterocycles. The maximum atomic E-state index is 12.0. The molecule has 7 nitrogen and oxygen atoms in total. The van der Waals surface area contributed by atoms with Gasteiger partial charge < -0.3 is 15.7 Å². The van der Waals surface area contributed by atoms with Gasteiger partial charge in [-0.25, -0.2) is 14.8 Å². The normalized spacial score (nSPS) is 23.1. The molecule has 0 unspecified atom stereocenters. The first kappa shape index (κ1) is 19.9. The molecule has 2 amide bonds. The van der Waals surface area contributed by atoms with E-state index in [0.717, 1.165) is 23.6 Å². The third-order valence-corrected chi connectivity index (χ3v) is 6.59. The number of amides is 2. The number of thioether (sulfide) groups is 1. The number of urea groups is 1. The summed E-state index contributed by atoms with van der Waals surface area (Å²) in [5.41, 5.74) is 1.01. The molecular weight excluding hydrogens is 364 g/mol. The lowest BCUT2D eigenvalue weighted by molar-refractivity contribution is -0.142. The van der Waals surface area contributed by atoms with Gasteiger partial charge in [0, 0.05) is 30.2 Å². The Labute approximate surface area is 164 Å². The van der Waals surface area contributed by atoms with Crippen LogP contribution in [0.15, 0.2) is 17.6 Å². The van der Waals surface area contributed by atoms with E-state index < -0.39 is 5.97 Å². The van der Waals surface area contributed by atoms with Crippen LogP contribution in [-0.4, -0.2) is 44.9 Å². The van der Waals surface area contributed by atoms with Crippen molar-refractivity contribution in [1.82, 2.24) is 20.6 Å². The van der Waals surface area contributed by atoms with Gasteiger partial charge in [0.05, 0.1) is 5.92 Å². The summed E-state index contributed by atoms with van der Waals surface area (Å²) in [6.45, 7) is 0.523. The topological polar surface area (TPSA) is 104 Å². The van der Waals surface area contributed by atoms with Gasteiger partial charge in [0.2, 0.25) is 0 Å². The summed E-state index contributed by atoms with van der Waals surface area (Å²) in [4.78, 5) is 31.8. The molecule has 2 aliphatic rings. The lowest BCUT2D eigenvalue weighted by Gasteiger charge is -2.26. The number of hydrogen-bond acceptors (Lipinski definition) is 5. The number of rotatable bonds is 7. The van der Waals surface area contributed by atoms with Crippen molar-refractivity contribution in [2.75, 3.05) is 6.54 Å². The van der Waals surface area contributed by atoms with E-state index in [9.17, 15) is 9.59 Å². The predicted octanol–water partition coefficient (Wildman–Crippen LogP) is 3.00. The lowest BCUT2D eigenvalue weighted by Crippen LogP contribution is -2.44. The Balaban J connectivity index is 1.32. The summed E-state index contributed by atoms with van der Waals surface area (Å²) in [6, 6.07) is -0.126. The molecule has 1 aromatic heterocycles. The molecule has 0 atom stereocenters. The van der Waals surface area contributed by atoms with Gasteiger partial charge in [-0.2, -0.15) is 0 Å². The smallest absolute Gasteiger partial charge is 0.315 e. The van der Waals surface area contributed by atoms with Gasteiger partial charge >= 0.3 is 12.0 Å². The van der Waals surface area contributed by atoms with E-state index in [2.05, 4.69) is 20.6 Å². The van der Waals surface area contributed by atoms with Gasteiger partial charge in [0.25, 0.3) is 0 Å². The highest BCUT2D eigenvalue weighted by molar-refractivity contribution is 7.99. The number of hydrogen-bond donors (Lipinski definition) is 3. The lowest BCUT2D eigenvalue weighted by atomic mass is 9.86. The van der Waals surface area contributed by atoms with Crippen molar-refractivity contribution in [3.05, 3.63) is 18.0 Å². The molecule has 0 spiro atoms. The van der Waals surface area contributed by atoms with Crippen molar-refractivity contribution in [3.63, 3.8) is 0 Å². The number of carboxylic acids is 1. The number of carbonyl (C=O) groups excluding carboxylic acids is 1. The Morgan fingerprint density at radius 1 is 1.07 bits per heavy atom. The molecule has 0 aromatic carbocycles. The van der Waals surface area contributed by atoms with Crippen LogP contribution in [-0.2, 0) is 11.2 Å². The number of aromatic nitrogens is 2. The second-order valence-electron chi connectivity index (χ2n) is 7.44. The number of carboxylic acid groups (broad SMARTS) is 1. The number of carbonyl (C=O) groups is 2. The molecule has 0 bridgehead atoms. The van der Waals surface area contributed by atoms with E-state index in [-0.39, 0.29) is 18.0 Å². The average Bonchev–Trinajstić information content (AvgIpc) is 3.17. The molecule has 2 fully saturated rings. The van der Waals surface area contributed by atoms with Gasteiger partial charge in [-0.15, -0.1) is 0 Å². The van der Waals surface area contributed by atoms with Crippen LogP contribution >= 0.6 is 11.8 Å². The molecule has 27 heavy (non-hydrogen) atoms. The van der Waals surface area contributed by atoms with E-state index in [1.165, 1.54) is 25.7 Å². The average molecular weight is 393 g/mol. The highest BCUT2D eigenvalue weighted by Crippen LogP contribution is 2.32. The van der Waals surface area contributed by atoms with E-state index >= 15 is 0 Å². The second kappa shape index (κ2) is 9.92. The summed E-state index contributed by atoms with van der Waals surface area (Å²) in [5.74, 6) is -0.992. The van der Waals surface area contributed by atoms with Crippen molar-refractivity contribution < 1.29 is 14.7 Å². The minimum atomic E-state index is -0.729. The van der Waals surface area contributed by atoms with E-state index in [0.29, 0.717) is 31.1 Å². The standard InChI is InChI=1S/C19H28N4O3S/c24-17(25)14-5-7-15(8-6-14)23-18(26)20-10-9-13-11-21-19(22-12-13)27-16-3-1-2-4-16/h11-12,14-16H,1-10H2,(H,24,25)(H2,20,23,26). The van der Waals surface area contributed by atoms with Gasteiger partial charge in [-0.05, 0) is 50.5 Å². The van der Waals surface area contributed by atoms with Crippen LogP contribution in [0, 0.1) is 5.92 Å². The zero-order valence-corrected chi connectivity index (χ0v) is 16.3. The maximum Gasteiger partial charge on any atom is 0.315 e. The second-order valence-corrected chi connectivity index (χ2v) is 8.70. The fourth-order valence-corrected chi connectivity index (χ4v) is 4.82. The molecular formula is C19H28N4O3S. The number of aliphatic carboxylic acids is 1. The minimum absolute atomic E-state index is 0.0656. The van der Waals surface area contributed by atoms with Crippen LogP contribution in [0.3, 0.4) is 0 Å². The van der Waals surface area contributed by atoms with Gasteiger partial charge in [0.1, 0.15) is 0 Å². The van der Waals surface area contributed by atoms with E-state index in [1.54, 1.807) is 11.8 Å². The molecule has 3 N–H and O–H groups in total. The molecule has 2 aliphatic carbocycles. The Kier molecular flexibility index (Phi) is 7.32. The zero-order chi connectivity index (χ0) is 19.1. The first-order valence-electron chi connectivity index (χ1n) is 9.85. The summed E-state index contributed by atoms with van der Waals surface area (Å²) >= 11 is 1.77. The highest BCUT2D eigenvalue weighted by Gasteiger charge is 2.26. The number of nitrogens with one attached hydrogen (secondary N) is 2. The Bertz CT molecular complexity index is 626. The van der Waals surface area contributed by atoms with Crippen LogP contribution in [0.4, 0.5) is 4.79 Å². The Morgan fingerprint density at radius 2 is 1.74 bits per heavy atom. The van der Waals surface area contributed by atoms with Crippen LogP contribution < -0.4 is 10.6 Å². The zero-order valence-electron chi connectivity index (χ0n) is 15.5. The largest absolute Gasteiger partial charge is 0.481 e. The molecule has 148 valence electrons. The third kappa shape index (κ3) is 6.37. The molecule has 8 heteroatoms. The Hall–Kier alpha value is -1.83.